The quantitative estimate of drug-likeness (QED) is 0.702. The average Bonchev–Trinajstić information content (AvgIpc) is 3.24. The minimum absolute atomic E-state index is 0.103. The van der Waals surface area contributed by atoms with Gasteiger partial charge in [-0.3, -0.25) is 14.5 Å². The van der Waals surface area contributed by atoms with Crippen LogP contribution in [0.2, 0.25) is 0 Å². The molecule has 0 spiro atoms. The second-order valence-corrected chi connectivity index (χ2v) is 8.74. The van der Waals surface area contributed by atoms with E-state index in [2.05, 4.69) is 0 Å². The summed E-state index contributed by atoms with van der Waals surface area (Å²) in [5.74, 6) is -0.819. The molecule has 0 aliphatic carbocycles. The van der Waals surface area contributed by atoms with E-state index in [-0.39, 0.29) is 35.2 Å². The normalized spacial score (nSPS) is 21.6. The molecule has 0 saturated carbocycles. The van der Waals surface area contributed by atoms with E-state index in [9.17, 15) is 27.6 Å². The van der Waals surface area contributed by atoms with E-state index >= 15 is 0 Å². The van der Waals surface area contributed by atoms with E-state index in [0.29, 0.717) is 18.7 Å². The molecule has 0 aromatic heterocycles. The molecule has 2 saturated heterocycles. The largest absolute Gasteiger partial charge is 0.416 e. The lowest BCUT2D eigenvalue weighted by Gasteiger charge is -2.29. The molecule has 0 N–H and O–H groups in total. The van der Waals surface area contributed by atoms with Crippen molar-refractivity contribution >= 4 is 23.5 Å². The first-order valence-electron chi connectivity index (χ1n) is 9.27. The molecular weight excluding hydrogens is 387 g/mol. The molecule has 154 valence electrons. The van der Waals surface area contributed by atoms with Gasteiger partial charge in [0.25, 0.3) is 5.91 Å². The summed E-state index contributed by atoms with van der Waals surface area (Å²) in [4.78, 5) is 42.1. The van der Waals surface area contributed by atoms with Crippen LogP contribution in [0.5, 0.6) is 0 Å². The summed E-state index contributed by atoms with van der Waals surface area (Å²) in [5, 5.41) is 0. The zero-order chi connectivity index (χ0) is 21.3. The second kappa shape index (κ2) is 6.08. The molecule has 1 unspecified atom stereocenters. The molecule has 0 radical (unpaired) electrons. The molecule has 29 heavy (non-hydrogen) atoms. The van der Waals surface area contributed by atoms with Crippen LogP contribution in [-0.4, -0.2) is 40.2 Å². The van der Waals surface area contributed by atoms with E-state index < -0.39 is 23.7 Å². The van der Waals surface area contributed by atoms with Crippen molar-refractivity contribution in [3.8, 4) is 0 Å². The van der Waals surface area contributed by atoms with Crippen molar-refractivity contribution < 1.29 is 27.6 Å². The second-order valence-electron chi connectivity index (χ2n) is 8.74. The van der Waals surface area contributed by atoms with Crippen molar-refractivity contribution in [3.63, 3.8) is 0 Å². The highest BCUT2D eigenvalue weighted by Gasteiger charge is 2.56. The number of benzene rings is 1. The monoisotopic (exact) mass is 407 g/mol. The van der Waals surface area contributed by atoms with Gasteiger partial charge in [-0.25, -0.2) is 9.69 Å². The topological polar surface area (TPSA) is 60.9 Å². The Kier molecular flexibility index (Phi) is 4.08. The van der Waals surface area contributed by atoms with Crippen LogP contribution < -0.4 is 4.90 Å². The lowest BCUT2D eigenvalue weighted by Crippen LogP contribution is -2.43. The van der Waals surface area contributed by atoms with E-state index in [4.69, 9.17) is 0 Å². The molecule has 3 aliphatic heterocycles. The van der Waals surface area contributed by atoms with E-state index in [1.807, 2.05) is 20.8 Å². The Morgan fingerprint density at radius 1 is 1.17 bits per heavy atom. The fraction of sp³-hybridized carbons (Fsp3) is 0.450. The number of carbonyl (C=O) groups excluding carboxylic acids is 3. The van der Waals surface area contributed by atoms with Gasteiger partial charge in [0.15, 0.2) is 0 Å². The number of halogens is 3. The Morgan fingerprint density at radius 2 is 1.86 bits per heavy atom. The van der Waals surface area contributed by atoms with Crippen molar-refractivity contribution in [2.24, 2.45) is 5.41 Å². The molecule has 1 atom stereocenters. The van der Waals surface area contributed by atoms with Crippen LogP contribution in [-0.2, 0) is 15.8 Å². The van der Waals surface area contributed by atoms with Crippen molar-refractivity contribution in [2.45, 2.75) is 45.8 Å². The molecule has 6 nitrogen and oxygen atoms in total. The number of anilines is 1. The molecule has 3 aliphatic rings. The summed E-state index contributed by atoms with van der Waals surface area (Å²) in [6.45, 7) is 6.10. The SMILES string of the molecule is CC(C)(C)CC(=O)N1CC2CC1=C1C(=O)N(c3cccc(C(F)(F)F)c3)C(=O)N12. The molecule has 1 aromatic carbocycles. The van der Waals surface area contributed by atoms with E-state index in [1.54, 1.807) is 4.90 Å². The highest BCUT2D eigenvalue weighted by Crippen LogP contribution is 2.45. The van der Waals surface area contributed by atoms with Crippen LogP contribution in [0.25, 0.3) is 0 Å². The molecular formula is C20H20F3N3O3. The number of hydrogen-bond acceptors (Lipinski definition) is 3. The van der Waals surface area contributed by atoms with Crippen LogP contribution in [0.1, 0.15) is 39.2 Å². The van der Waals surface area contributed by atoms with Crippen LogP contribution in [0, 0.1) is 5.41 Å². The first kappa shape index (κ1) is 19.5. The average molecular weight is 407 g/mol. The van der Waals surface area contributed by atoms with Crippen LogP contribution in [0.4, 0.5) is 23.7 Å². The Hall–Kier alpha value is -2.84. The third-order valence-electron chi connectivity index (χ3n) is 5.24. The molecule has 4 amide bonds. The highest BCUT2D eigenvalue weighted by molar-refractivity contribution is 6.27. The number of fused-ring (bicyclic) bond motifs is 4. The maximum absolute atomic E-state index is 13.0. The number of amides is 4. The van der Waals surface area contributed by atoms with Gasteiger partial charge in [-0.1, -0.05) is 26.8 Å². The van der Waals surface area contributed by atoms with Gasteiger partial charge in [0, 0.05) is 19.4 Å². The third-order valence-corrected chi connectivity index (χ3v) is 5.24. The number of hydrogen-bond donors (Lipinski definition) is 0. The van der Waals surface area contributed by atoms with Gasteiger partial charge in [0.1, 0.15) is 5.70 Å². The van der Waals surface area contributed by atoms with E-state index in [0.717, 1.165) is 23.1 Å². The number of likely N-dealkylation sites (tertiary alicyclic amines) is 1. The zero-order valence-corrected chi connectivity index (χ0v) is 16.2. The van der Waals surface area contributed by atoms with Crippen molar-refractivity contribution in [1.29, 1.82) is 0 Å². The number of alkyl halides is 3. The minimum Gasteiger partial charge on any atom is -0.312 e. The molecule has 2 bridgehead atoms. The van der Waals surface area contributed by atoms with Gasteiger partial charge in [0.05, 0.1) is 23.0 Å². The first-order valence-corrected chi connectivity index (χ1v) is 9.27. The summed E-state index contributed by atoms with van der Waals surface area (Å²) in [6, 6.07) is 3.08. The number of urea groups is 1. The number of carbonyl (C=O) groups is 3. The molecule has 4 rings (SSSR count). The zero-order valence-electron chi connectivity index (χ0n) is 16.2. The predicted molar refractivity (Wildman–Crippen MR) is 97.4 cm³/mol. The fourth-order valence-corrected chi connectivity index (χ4v) is 4.07. The minimum atomic E-state index is -4.59. The summed E-state index contributed by atoms with van der Waals surface area (Å²) in [7, 11) is 0. The van der Waals surface area contributed by atoms with E-state index in [1.165, 1.54) is 11.0 Å². The molecule has 2 fully saturated rings. The maximum atomic E-state index is 13.0. The number of nitrogens with zero attached hydrogens (tertiary/aromatic N) is 3. The molecule has 1 aromatic rings. The Balaban J connectivity index is 1.69. The fourth-order valence-electron chi connectivity index (χ4n) is 4.07. The van der Waals surface area contributed by atoms with Gasteiger partial charge in [-0.05, 0) is 23.6 Å². The van der Waals surface area contributed by atoms with Crippen molar-refractivity contribution in [2.75, 3.05) is 11.4 Å². The van der Waals surface area contributed by atoms with Gasteiger partial charge < -0.3 is 4.90 Å². The number of imide groups is 1. The van der Waals surface area contributed by atoms with Gasteiger partial charge in [-0.2, -0.15) is 13.2 Å². The first-order chi connectivity index (χ1) is 13.4. The maximum Gasteiger partial charge on any atom is 0.416 e. The summed E-state index contributed by atoms with van der Waals surface area (Å²) in [6.07, 6.45) is -3.90. The third kappa shape index (κ3) is 3.08. The Labute approximate surface area is 165 Å². The van der Waals surface area contributed by atoms with Crippen molar-refractivity contribution in [1.82, 2.24) is 9.80 Å². The van der Waals surface area contributed by atoms with Gasteiger partial charge in [-0.15, -0.1) is 0 Å². The summed E-state index contributed by atoms with van der Waals surface area (Å²) in [5.41, 5.74) is -0.721. The predicted octanol–water partition coefficient (Wildman–Crippen LogP) is 3.74. The lowest BCUT2D eigenvalue weighted by atomic mass is 9.91. The van der Waals surface area contributed by atoms with Gasteiger partial charge >= 0.3 is 12.2 Å². The van der Waals surface area contributed by atoms with Gasteiger partial charge in [0.2, 0.25) is 5.91 Å². The smallest absolute Gasteiger partial charge is 0.312 e. The Bertz CT molecular complexity index is 962. The van der Waals surface area contributed by atoms with Crippen LogP contribution in [0.15, 0.2) is 35.7 Å². The molecule has 9 heteroatoms. The molecule has 3 heterocycles. The standard InChI is InChI=1S/C20H20F3N3O3/c1-19(2,3)9-15(27)24-10-13-8-14(24)16-17(28)26(18(29)25(13)16)12-6-4-5-11(7-12)20(21,22)23/h4-7,13H,8-10H2,1-3H3. The highest BCUT2D eigenvalue weighted by atomic mass is 19.4. The van der Waals surface area contributed by atoms with Crippen LogP contribution in [0.3, 0.4) is 0 Å². The number of rotatable bonds is 2. The Morgan fingerprint density at radius 3 is 2.48 bits per heavy atom. The lowest BCUT2D eigenvalue weighted by molar-refractivity contribution is -0.137. The van der Waals surface area contributed by atoms with Crippen LogP contribution >= 0.6 is 0 Å². The summed E-state index contributed by atoms with van der Waals surface area (Å²) < 4.78 is 39.1. The van der Waals surface area contributed by atoms with Crippen molar-refractivity contribution in [3.05, 3.63) is 41.2 Å². The summed E-state index contributed by atoms with van der Waals surface area (Å²) >= 11 is 0.